The highest BCUT2D eigenvalue weighted by Crippen LogP contribution is 2.20. The molecule has 5 nitrogen and oxygen atoms in total. The molecule has 0 aliphatic carbocycles. The zero-order valence-electron chi connectivity index (χ0n) is 11.7. The van der Waals surface area contributed by atoms with E-state index < -0.39 is 0 Å². The molecule has 2 rings (SSSR count). The fourth-order valence-electron chi connectivity index (χ4n) is 1.80. The van der Waals surface area contributed by atoms with Crippen LogP contribution >= 0.6 is 34.2 Å². The number of nitrogens with one attached hydrogen (secondary N) is 1. The summed E-state index contributed by atoms with van der Waals surface area (Å²) in [6.45, 7) is 3.99. The summed E-state index contributed by atoms with van der Waals surface area (Å²) < 4.78 is 0.893. The van der Waals surface area contributed by atoms with Crippen LogP contribution in [0.3, 0.4) is 0 Å². The molecule has 1 aromatic heterocycles. The lowest BCUT2D eigenvalue weighted by Gasteiger charge is -2.07. The first kappa shape index (κ1) is 16.1. The highest BCUT2D eigenvalue weighted by molar-refractivity contribution is 14.1. The first-order valence-corrected chi connectivity index (χ1v) is 7.99. The van der Waals surface area contributed by atoms with Gasteiger partial charge in [-0.3, -0.25) is 10.1 Å². The molecule has 0 unspecified atom stereocenters. The van der Waals surface area contributed by atoms with Gasteiger partial charge in [0.05, 0.1) is 16.4 Å². The second kappa shape index (κ2) is 7.13. The molecule has 0 aliphatic rings. The largest absolute Gasteiger partial charge is 0.289 e. The van der Waals surface area contributed by atoms with E-state index in [0.29, 0.717) is 10.6 Å². The molecule has 110 valence electrons. The van der Waals surface area contributed by atoms with Crippen molar-refractivity contribution in [1.82, 2.24) is 15.2 Å². The Morgan fingerprint density at radius 1 is 1.24 bits per heavy atom. The highest BCUT2D eigenvalue weighted by Gasteiger charge is 2.12. The normalized spacial score (nSPS) is 10.5. The van der Waals surface area contributed by atoms with Crippen molar-refractivity contribution in [3.63, 3.8) is 0 Å². The minimum atomic E-state index is -0.304. The van der Waals surface area contributed by atoms with E-state index in [1.165, 1.54) is 0 Å². The lowest BCUT2D eigenvalue weighted by atomic mass is 10.2. The molecular weight excluding hydrogens is 403 g/mol. The molecule has 0 saturated heterocycles. The molecular formula is C14H14ClIN4O. The third-order valence-corrected chi connectivity index (χ3v) is 4.49. The standard InChI is InChI=1S/C14H14ClIN4O/c1-3-11-12(4-2)19-20-14(17-11)18-13(21)8-5-6-10(16)9(15)7-8/h5-7H,3-4H2,1-2H3,(H,17,18,20,21). The van der Waals surface area contributed by atoms with Crippen LogP contribution in [-0.2, 0) is 12.8 Å². The number of hydrogen-bond acceptors (Lipinski definition) is 4. The Hall–Kier alpha value is -1.28. The van der Waals surface area contributed by atoms with Crippen molar-refractivity contribution in [3.8, 4) is 0 Å². The van der Waals surface area contributed by atoms with E-state index in [9.17, 15) is 4.79 Å². The zero-order chi connectivity index (χ0) is 15.4. The molecule has 21 heavy (non-hydrogen) atoms. The van der Waals surface area contributed by atoms with E-state index >= 15 is 0 Å². The number of benzene rings is 1. The van der Waals surface area contributed by atoms with E-state index in [1.807, 2.05) is 13.8 Å². The summed E-state index contributed by atoms with van der Waals surface area (Å²) in [7, 11) is 0. The molecule has 0 spiro atoms. The average molecular weight is 417 g/mol. The van der Waals surface area contributed by atoms with Gasteiger partial charge >= 0.3 is 0 Å². The second-order valence-electron chi connectivity index (χ2n) is 4.32. The molecule has 1 aromatic carbocycles. The van der Waals surface area contributed by atoms with Gasteiger partial charge in [-0.2, -0.15) is 0 Å². The Morgan fingerprint density at radius 3 is 2.57 bits per heavy atom. The van der Waals surface area contributed by atoms with Crippen molar-refractivity contribution in [2.24, 2.45) is 0 Å². The highest BCUT2D eigenvalue weighted by atomic mass is 127. The van der Waals surface area contributed by atoms with Crippen molar-refractivity contribution in [2.75, 3.05) is 5.32 Å². The summed E-state index contributed by atoms with van der Waals surface area (Å²) in [6, 6.07) is 5.11. The summed E-state index contributed by atoms with van der Waals surface area (Å²) in [6.07, 6.45) is 1.51. The van der Waals surface area contributed by atoms with Crippen LogP contribution in [0.2, 0.25) is 5.02 Å². The van der Waals surface area contributed by atoms with E-state index in [4.69, 9.17) is 11.6 Å². The van der Waals surface area contributed by atoms with E-state index in [1.54, 1.807) is 18.2 Å². The van der Waals surface area contributed by atoms with Gasteiger partial charge in [-0.1, -0.05) is 25.4 Å². The lowest BCUT2D eigenvalue weighted by molar-refractivity contribution is 0.102. The predicted octanol–water partition coefficient (Wildman–Crippen LogP) is 3.51. The van der Waals surface area contributed by atoms with Crippen molar-refractivity contribution >= 4 is 46.0 Å². The van der Waals surface area contributed by atoms with Gasteiger partial charge in [0.15, 0.2) is 0 Å². The maximum absolute atomic E-state index is 12.2. The van der Waals surface area contributed by atoms with Gasteiger partial charge < -0.3 is 0 Å². The van der Waals surface area contributed by atoms with Gasteiger partial charge in [0.1, 0.15) is 0 Å². The molecule has 0 radical (unpaired) electrons. The van der Waals surface area contributed by atoms with Gasteiger partial charge in [0.25, 0.3) is 5.91 Å². The molecule has 1 amide bonds. The first-order chi connectivity index (χ1) is 10.0. The smallest absolute Gasteiger partial charge is 0.258 e. The number of halogens is 2. The number of hydrogen-bond donors (Lipinski definition) is 1. The van der Waals surface area contributed by atoms with Crippen LogP contribution in [-0.4, -0.2) is 21.1 Å². The summed E-state index contributed by atoms with van der Waals surface area (Å²) in [5, 5.41) is 11.2. The Bertz CT molecular complexity index is 678. The SMILES string of the molecule is CCc1nnc(NC(=O)c2ccc(I)c(Cl)c2)nc1CC. The summed E-state index contributed by atoms with van der Waals surface area (Å²) in [4.78, 5) is 16.5. The van der Waals surface area contributed by atoms with Crippen molar-refractivity contribution in [3.05, 3.63) is 43.7 Å². The average Bonchev–Trinajstić information content (AvgIpc) is 2.49. The molecule has 0 saturated carbocycles. The molecule has 0 fully saturated rings. The quantitative estimate of drug-likeness (QED) is 0.775. The Kier molecular flexibility index (Phi) is 5.46. The number of anilines is 1. The van der Waals surface area contributed by atoms with Crippen LogP contribution in [0, 0.1) is 3.57 Å². The molecule has 7 heteroatoms. The third kappa shape index (κ3) is 3.88. The minimum Gasteiger partial charge on any atom is -0.289 e. The van der Waals surface area contributed by atoms with Crippen LogP contribution in [0.4, 0.5) is 5.95 Å². The number of amides is 1. The minimum absolute atomic E-state index is 0.212. The van der Waals surface area contributed by atoms with Crippen molar-refractivity contribution in [2.45, 2.75) is 26.7 Å². The Balaban J connectivity index is 2.21. The summed E-state index contributed by atoms with van der Waals surface area (Å²) in [5.74, 6) is -0.0925. The fraction of sp³-hybridized carbons (Fsp3) is 0.286. The predicted molar refractivity (Wildman–Crippen MR) is 90.7 cm³/mol. The monoisotopic (exact) mass is 416 g/mol. The maximum atomic E-state index is 12.2. The topological polar surface area (TPSA) is 67.8 Å². The number of aryl methyl sites for hydroxylation is 2. The summed E-state index contributed by atoms with van der Waals surface area (Å²) >= 11 is 8.12. The van der Waals surface area contributed by atoms with Crippen molar-refractivity contribution < 1.29 is 4.79 Å². The number of carbonyl (C=O) groups is 1. The Labute approximate surface area is 141 Å². The fourth-order valence-corrected chi connectivity index (χ4v) is 2.32. The van der Waals surface area contributed by atoms with Crippen LogP contribution in [0.5, 0.6) is 0 Å². The third-order valence-electron chi connectivity index (χ3n) is 2.92. The van der Waals surface area contributed by atoms with Crippen molar-refractivity contribution in [1.29, 1.82) is 0 Å². The number of aromatic nitrogens is 3. The molecule has 0 atom stereocenters. The van der Waals surface area contributed by atoms with Gasteiger partial charge in [-0.25, -0.2) is 4.98 Å². The number of nitrogens with zero attached hydrogens (tertiary/aromatic N) is 3. The van der Waals surface area contributed by atoms with Crippen LogP contribution in [0.25, 0.3) is 0 Å². The molecule has 0 bridgehead atoms. The number of rotatable bonds is 4. The van der Waals surface area contributed by atoms with Crippen LogP contribution in [0.1, 0.15) is 35.6 Å². The summed E-state index contributed by atoms with van der Waals surface area (Å²) in [5.41, 5.74) is 2.16. The molecule has 0 aliphatic heterocycles. The van der Waals surface area contributed by atoms with E-state index in [0.717, 1.165) is 27.8 Å². The number of carbonyl (C=O) groups excluding carboxylic acids is 1. The molecule has 2 aromatic rings. The van der Waals surface area contributed by atoms with Crippen LogP contribution in [0.15, 0.2) is 18.2 Å². The van der Waals surface area contributed by atoms with Gasteiger partial charge in [-0.05, 0) is 53.6 Å². The van der Waals surface area contributed by atoms with E-state index in [-0.39, 0.29) is 11.9 Å². The second-order valence-corrected chi connectivity index (χ2v) is 5.89. The first-order valence-electron chi connectivity index (χ1n) is 6.54. The zero-order valence-corrected chi connectivity index (χ0v) is 14.6. The van der Waals surface area contributed by atoms with Gasteiger partial charge in [-0.15, -0.1) is 10.2 Å². The lowest BCUT2D eigenvalue weighted by Crippen LogP contribution is -2.16. The molecule has 1 N–H and O–H groups in total. The van der Waals surface area contributed by atoms with Crippen LogP contribution < -0.4 is 5.32 Å². The maximum Gasteiger partial charge on any atom is 0.258 e. The van der Waals surface area contributed by atoms with E-state index in [2.05, 4.69) is 43.1 Å². The van der Waals surface area contributed by atoms with Gasteiger partial charge in [0.2, 0.25) is 5.95 Å². The molecule has 1 heterocycles. The van der Waals surface area contributed by atoms with Gasteiger partial charge in [0, 0.05) is 9.13 Å². The Morgan fingerprint density at radius 2 is 1.95 bits per heavy atom.